The standard InChI is InChI=1S/C13H24N2O2/c1-15(12-4-8-17-9-5-12)13(16)10-11-2-6-14-7-3-11/h11-12,14H,2-10H2,1H3. The lowest BCUT2D eigenvalue weighted by molar-refractivity contribution is -0.134. The molecule has 0 aromatic carbocycles. The number of nitrogens with one attached hydrogen (secondary N) is 1. The van der Waals surface area contributed by atoms with Crippen LogP contribution in [0, 0.1) is 5.92 Å². The van der Waals surface area contributed by atoms with Crippen molar-refractivity contribution in [2.75, 3.05) is 33.4 Å². The van der Waals surface area contributed by atoms with E-state index in [4.69, 9.17) is 4.74 Å². The first-order valence-electron chi connectivity index (χ1n) is 6.81. The van der Waals surface area contributed by atoms with E-state index in [9.17, 15) is 4.79 Å². The maximum Gasteiger partial charge on any atom is 0.222 e. The molecule has 0 bridgehead atoms. The van der Waals surface area contributed by atoms with E-state index in [1.165, 1.54) is 0 Å². The third kappa shape index (κ3) is 3.68. The summed E-state index contributed by atoms with van der Waals surface area (Å²) in [5.41, 5.74) is 0. The smallest absolute Gasteiger partial charge is 0.222 e. The second-order valence-electron chi connectivity index (χ2n) is 5.25. The van der Waals surface area contributed by atoms with Gasteiger partial charge in [-0.25, -0.2) is 0 Å². The molecule has 2 rings (SSSR count). The molecule has 0 aromatic heterocycles. The van der Waals surface area contributed by atoms with Crippen LogP contribution in [-0.2, 0) is 9.53 Å². The van der Waals surface area contributed by atoms with Crippen molar-refractivity contribution in [2.45, 2.75) is 38.1 Å². The molecule has 0 radical (unpaired) electrons. The van der Waals surface area contributed by atoms with Gasteiger partial charge in [-0.05, 0) is 44.7 Å². The zero-order chi connectivity index (χ0) is 12.1. The van der Waals surface area contributed by atoms with Gasteiger partial charge in [-0.2, -0.15) is 0 Å². The SMILES string of the molecule is CN(C(=O)CC1CCNCC1)C1CCOCC1. The maximum absolute atomic E-state index is 12.2. The normalized spacial score (nSPS) is 23.6. The molecule has 98 valence electrons. The Hall–Kier alpha value is -0.610. The van der Waals surface area contributed by atoms with E-state index in [0.717, 1.165) is 58.4 Å². The number of carbonyl (C=O) groups is 1. The summed E-state index contributed by atoms with van der Waals surface area (Å²) in [6, 6.07) is 0.401. The van der Waals surface area contributed by atoms with Gasteiger partial charge in [0.05, 0.1) is 0 Å². The molecule has 0 saturated carbocycles. The summed E-state index contributed by atoms with van der Waals surface area (Å²) in [5.74, 6) is 0.912. The number of piperidine rings is 1. The number of ether oxygens (including phenoxy) is 1. The highest BCUT2D eigenvalue weighted by molar-refractivity contribution is 5.76. The van der Waals surface area contributed by atoms with E-state index < -0.39 is 0 Å². The third-order valence-electron chi connectivity index (χ3n) is 4.05. The molecule has 2 fully saturated rings. The Morgan fingerprint density at radius 2 is 1.88 bits per heavy atom. The minimum Gasteiger partial charge on any atom is -0.381 e. The van der Waals surface area contributed by atoms with Gasteiger partial charge in [-0.15, -0.1) is 0 Å². The molecule has 0 spiro atoms. The van der Waals surface area contributed by atoms with E-state index in [0.29, 0.717) is 17.9 Å². The Labute approximate surface area is 104 Å². The number of nitrogens with zero attached hydrogens (tertiary/aromatic N) is 1. The fraction of sp³-hybridized carbons (Fsp3) is 0.923. The van der Waals surface area contributed by atoms with Gasteiger partial charge in [-0.3, -0.25) is 4.79 Å². The minimum atomic E-state index is 0.323. The molecule has 1 N–H and O–H groups in total. The zero-order valence-corrected chi connectivity index (χ0v) is 10.8. The quantitative estimate of drug-likeness (QED) is 0.800. The van der Waals surface area contributed by atoms with E-state index >= 15 is 0 Å². The Bertz CT molecular complexity index is 246. The Kier molecular flexibility index (Phi) is 4.80. The molecule has 17 heavy (non-hydrogen) atoms. The lowest BCUT2D eigenvalue weighted by Gasteiger charge is -2.32. The molecular formula is C13H24N2O2. The molecule has 0 aromatic rings. The van der Waals surface area contributed by atoms with Crippen molar-refractivity contribution in [2.24, 2.45) is 5.92 Å². The fourth-order valence-corrected chi connectivity index (χ4v) is 2.75. The first-order valence-corrected chi connectivity index (χ1v) is 6.81. The molecular weight excluding hydrogens is 216 g/mol. The number of hydrogen-bond donors (Lipinski definition) is 1. The second kappa shape index (κ2) is 6.36. The lowest BCUT2D eigenvalue weighted by Crippen LogP contribution is -2.42. The van der Waals surface area contributed by atoms with Gasteiger partial charge in [0.15, 0.2) is 0 Å². The third-order valence-corrected chi connectivity index (χ3v) is 4.05. The number of amides is 1. The van der Waals surface area contributed by atoms with Crippen LogP contribution >= 0.6 is 0 Å². The van der Waals surface area contributed by atoms with E-state index in [1.54, 1.807) is 0 Å². The average Bonchev–Trinajstić information content (AvgIpc) is 2.40. The van der Waals surface area contributed by atoms with Crippen LogP contribution in [0.4, 0.5) is 0 Å². The summed E-state index contributed by atoms with van der Waals surface area (Å²) in [7, 11) is 1.96. The van der Waals surface area contributed by atoms with Crippen molar-refractivity contribution < 1.29 is 9.53 Å². The van der Waals surface area contributed by atoms with Crippen LogP contribution < -0.4 is 5.32 Å². The molecule has 4 nitrogen and oxygen atoms in total. The van der Waals surface area contributed by atoms with Gasteiger partial charge in [0.1, 0.15) is 0 Å². The molecule has 0 aliphatic carbocycles. The summed E-state index contributed by atoms with van der Waals surface area (Å²) in [4.78, 5) is 14.1. The van der Waals surface area contributed by atoms with Gasteiger partial charge < -0.3 is 15.0 Å². The topological polar surface area (TPSA) is 41.6 Å². The average molecular weight is 240 g/mol. The van der Waals surface area contributed by atoms with Crippen molar-refractivity contribution in [3.05, 3.63) is 0 Å². The summed E-state index contributed by atoms with van der Waals surface area (Å²) >= 11 is 0. The van der Waals surface area contributed by atoms with Crippen LogP contribution in [0.25, 0.3) is 0 Å². The van der Waals surface area contributed by atoms with Crippen molar-refractivity contribution in [3.8, 4) is 0 Å². The fourth-order valence-electron chi connectivity index (χ4n) is 2.75. The summed E-state index contributed by atoms with van der Waals surface area (Å²) in [5, 5.41) is 3.34. The number of hydrogen-bond acceptors (Lipinski definition) is 3. The highest BCUT2D eigenvalue weighted by atomic mass is 16.5. The summed E-state index contributed by atoms with van der Waals surface area (Å²) < 4.78 is 5.33. The first kappa shape index (κ1) is 12.8. The molecule has 2 aliphatic rings. The predicted octanol–water partition coefficient (Wildman–Crippen LogP) is 1.01. The molecule has 2 saturated heterocycles. The second-order valence-corrected chi connectivity index (χ2v) is 5.25. The van der Waals surface area contributed by atoms with Crippen LogP contribution in [0.15, 0.2) is 0 Å². The predicted molar refractivity (Wildman–Crippen MR) is 66.8 cm³/mol. The van der Waals surface area contributed by atoms with Gasteiger partial charge in [-0.1, -0.05) is 0 Å². The Morgan fingerprint density at radius 3 is 2.53 bits per heavy atom. The minimum absolute atomic E-state index is 0.323. The zero-order valence-electron chi connectivity index (χ0n) is 10.8. The monoisotopic (exact) mass is 240 g/mol. The van der Waals surface area contributed by atoms with Gasteiger partial charge in [0.2, 0.25) is 5.91 Å². The van der Waals surface area contributed by atoms with Crippen LogP contribution in [0.3, 0.4) is 0 Å². The van der Waals surface area contributed by atoms with Crippen molar-refractivity contribution >= 4 is 5.91 Å². The summed E-state index contributed by atoms with van der Waals surface area (Å²) in [6.07, 6.45) is 5.01. The molecule has 4 heteroatoms. The first-order chi connectivity index (χ1) is 8.27. The lowest BCUT2D eigenvalue weighted by atomic mass is 9.93. The van der Waals surface area contributed by atoms with Gasteiger partial charge in [0, 0.05) is 32.7 Å². The highest BCUT2D eigenvalue weighted by Gasteiger charge is 2.25. The van der Waals surface area contributed by atoms with E-state index in [1.807, 2.05) is 11.9 Å². The van der Waals surface area contributed by atoms with E-state index in [2.05, 4.69) is 5.32 Å². The molecule has 0 unspecified atom stereocenters. The molecule has 2 aliphatic heterocycles. The van der Waals surface area contributed by atoms with Crippen LogP contribution in [-0.4, -0.2) is 50.2 Å². The van der Waals surface area contributed by atoms with Crippen molar-refractivity contribution in [1.29, 1.82) is 0 Å². The Balaban J connectivity index is 1.77. The molecule has 1 amide bonds. The van der Waals surface area contributed by atoms with Gasteiger partial charge >= 0.3 is 0 Å². The summed E-state index contributed by atoms with van der Waals surface area (Å²) in [6.45, 7) is 3.74. The number of rotatable bonds is 3. The van der Waals surface area contributed by atoms with Crippen LogP contribution in [0.2, 0.25) is 0 Å². The number of carbonyl (C=O) groups excluding carboxylic acids is 1. The van der Waals surface area contributed by atoms with E-state index in [-0.39, 0.29) is 0 Å². The van der Waals surface area contributed by atoms with Crippen LogP contribution in [0.5, 0.6) is 0 Å². The van der Waals surface area contributed by atoms with Crippen molar-refractivity contribution in [1.82, 2.24) is 10.2 Å². The highest BCUT2D eigenvalue weighted by Crippen LogP contribution is 2.19. The van der Waals surface area contributed by atoms with Crippen LogP contribution in [0.1, 0.15) is 32.1 Å². The van der Waals surface area contributed by atoms with Gasteiger partial charge in [0.25, 0.3) is 0 Å². The van der Waals surface area contributed by atoms with Crippen molar-refractivity contribution in [3.63, 3.8) is 0 Å². The maximum atomic E-state index is 12.2. The Morgan fingerprint density at radius 1 is 1.24 bits per heavy atom. The largest absolute Gasteiger partial charge is 0.381 e. The molecule has 2 heterocycles. The molecule has 0 atom stereocenters.